The summed E-state index contributed by atoms with van der Waals surface area (Å²) in [6.07, 6.45) is -4.10. The second-order valence-electron chi connectivity index (χ2n) is 6.41. The van der Waals surface area contributed by atoms with Crippen LogP contribution < -0.4 is 5.73 Å². The lowest BCUT2D eigenvalue weighted by molar-refractivity contribution is -0.155. The Balaban J connectivity index is 0.00000484. The van der Waals surface area contributed by atoms with Gasteiger partial charge in [-0.05, 0) is 44.9 Å². The van der Waals surface area contributed by atoms with Crippen molar-refractivity contribution in [3.63, 3.8) is 0 Å². The number of rotatable bonds is 4. The number of ether oxygens (including phenoxy) is 1. The first-order valence-corrected chi connectivity index (χ1v) is 7.04. The van der Waals surface area contributed by atoms with E-state index in [-0.39, 0.29) is 19.0 Å². The molecule has 0 radical (unpaired) electrons. The topological polar surface area (TPSA) is 52.3 Å². The highest BCUT2D eigenvalue weighted by molar-refractivity contribution is 5.85. The summed E-state index contributed by atoms with van der Waals surface area (Å²) in [5.41, 5.74) is 3.86. The summed E-state index contributed by atoms with van der Waals surface area (Å²) < 4.78 is 43.6. The van der Waals surface area contributed by atoms with Gasteiger partial charge in [0.2, 0.25) is 0 Å². The minimum absolute atomic E-state index is 0. The van der Waals surface area contributed by atoms with Crippen molar-refractivity contribution in [2.24, 2.45) is 11.1 Å². The zero-order chi connectivity index (χ0) is 17.2. The molecule has 1 aromatic rings. The highest BCUT2D eigenvalue weighted by Gasteiger charge is 2.34. The lowest BCUT2D eigenvalue weighted by atomic mass is 9.88. The Bertz CT molecular complexity index is 541. The van der Waals surface area contributed by atoms with Crippen LogP contribution in [0, 0.1) is 5.41 Å². The van der Waals surface area contributed by atoms with Crippen molar-refractivity contribution >= 4 is 18.4 Å². The van der Waals surface area contributed by atoms with Gasteiger partial charge in [-0.3, -0.25) is 4.79 Å². The molecule has 2 N–H and O–H groups in total. The molecule has 3 nitrogen and oxygen atoms in total. The number of hydrogen-bond acceptors (Lipinski definition) is 3. The second kappa shape index (κ2) is 7.53. The average Bonchev–Trinajstić information content (AvgIpc) is 2.42. The minimum Gasteiger partial charge on any atom is -0.463 e. The fourth-order valence-corrected chi connectivity index (χ4v) is 1.81. The lowest BCUT2D eigenvalue weighted by Crippen LogP contribution is -2.43. The smallest absolute Gasteiger partial charge is 0.416 e. The highest BCUT2D eigenvalue weighted by Crippen LogP contribution is 2.32. The van der Waals surface area contributed by atoms with Gasteiger partial charge in [0.15, 0.2) is 0 Å². The molecule has 0 aliphatic rings. The van der Waals surface area contributed by atoms with Crippen molar-refractivity contribution < 1.29 is 22.7 Å². The molecule has 0 fully saturated rings. The number of benzene rings is 1. The van der Waals surface area contributed by atoms with Crippen LogP contribution in [0.25, 0.3) is 0 Å². The van der Waals surface area contributed by atoms with Gasteiger partial charge in [-0.25, -0.2) is 0 Å². The van der Waals surface area contributed by atoms with Crippen molar-refractivity contribution in [3.05, 3.63) is 35.4 Å². The van der Waals surface area contributed by atoms with E-state index in [1.807, 2.05) is 0 Å². The van der Waals surface area contributed by atoms with Crippen molar-refractivity contribution in [1.29, 1.82) is 0 Å². The minimum atomic E-state index is -4.44. The number of halogens is 4. The van der Waals surface area contributed by atoms with E-state index in [9.17, 15) is 18.0 Å². The van der Waals surface area contributed by atoms with Crippen LogP contribution in [-0.4, -0.2) is 12.6 Å². The first kappa shape index (κ1) is 21.7. The molecule has 132 valence electrons. The molecule has 1 rings (SSSR count). The van der Waals surface area contributed by atoms with Gasteiger partial charge >= 0.3 is 12.1 Å². The largest absolute Gasteiger partial charge is 0.463 e. The van der Waals surface area contributed by atoms with Crippen LogP contribution in [0.1, 0.15) is 45.2 Å². The maximum Gasteiger partial charge on any atom is 0.416 e. The molecule has 23 heavy (non-hydrogen) atoms. The van der Waals surface area contributed by atoms with Gasteiger partial charge in [-0.2, -0.15) is 13.2 Å². The summed E-state index contributed by atoms with van der Waals surface area (Å²) in [5.74, 6) is -0.442. The molecule has 1 unspecified atom stereocenters. The number of carbonyl (C=O) groups excluding carboxylic acids is 1. The number of nitrogens with two attached hydrogens (primary N) is 1. The Kier molecular flexibility index (Phi) is 7.12. The SMILES string of the molecule is CCC(N)(COC(=O)C(C)(C)C)c1cccc(C(F)(F)F)c1.Cl. The Morgan fingerprint density at radius 1 is 1.17 bits per heavy atom. The van der Waals surface area contributed by atoms with Crippen LogP contribution in [0.15, 0.2) is 24.3 Å². The summed E-state index contributed by atoms with van der Waals surface area (Å²) in [6.45, 7) is 6.67. The number of carbonyl (C=O) groups is 1. The molecule has 1 atom stereocenters. The number of hydrogen-bond donors (Lipinski definition) is 1. The Labute approximate surface area is 140 Å². The quantitative estimate of drug-likeness (QED) is 0.822. The van der Waals surface area contributed by atoms with E-state index in [0.29, 0.717) is 12.0 Å². The molecule has 0 heterocycles. The Morgan fingerprint density at radius 3 is 2.13 bits per heavy atom. The molecule has 0 aliphatic carbocycles. The predicted molar refractivity (Wildman–Crippen MR) is 85.3 cm³/mol. The molecular formula is C16H23ClF3NO2. The van der Waals surface area contributed by atoms with E-state index in [2.05, 4.69) is 0 Å². The van der Waals surface area contributed by atoms with E-state index in [4.69, 9.17) is 10.5 Å². The van der Waals surface area contributed by atoms with Crippen molar-refractivity contribution in [3.8, 4) is 0 Å². The Hall–Kier alpha value is -1.27. The van der Waals surface area contributed by atoms with E-state index >= 15 is 0 Å². The van der Waals surface area contributed by atoms with Crippen molar-refractivity contribution in [2.45, 2.75) is 45.8 Å². The average molecular weight is 354 g/mol. The fourth-order valence-electron chi connectivity index (χ4n) is 1.81. The van der Waals surface area contributed by atoms with Crippen LogP contribution >= 0.6 is 12.4 Å². The highest BCUT2D eigenvalue weighted by atomic mass is 35.5. The van der Waals surface area contributed by atoms with Gasteiger partial charge in [0.05, 0.1) is 16.5 Å². The van der Waals surface area contributed by atoms with E-state index in [1.165, 1.54) is 12.1 Å². The van der Waals surface area contributed by atoms with E-state index in [0.717, 1.165) is 12.1 Å². The molecule has 0 aromatic heterocycles. The third-order valence-corrected chi connectivity index (χ3v) is 3.47. The molecular weight excluding hydrogens is 331 g/mol. The van der Waals surface area contributed by atoms with Gasteiger partial charge in [-0.1, -0.05) is 19.1 Å². The second-order valence-corrected chi connectivity index (χ2v) is 6.41. The maximum atomic E-state index is 12.8. The summed E-state index contributed by atoms with van der Waals surface area (Å²) in [7, 11) is 0. The van der Waals surface area contributed by atoms with Crippen molar-refractivity contribution in [1.82, 2.24) is 0 Å². The molecule has 0 saturated carbocycles. The van der Waals surface area contributed by atoms with E-state index < -0.39 is 28.7 Å². The number of esters is 1. The maximum absolute atomic E-state index is 12.8. The monoisotopic (exact) mass is 353 g/mol. The molecule has 0 aliphatic heterocycles. The van der Waals surface area contributed by atoms with Gasteiger partial charge < -0.3 is 10.5 Å². The van der Waals surface area contributed by atoms with Crippen LogP contribution in [0.5, 0.6) is 0 Å². The summed E-state index contributed by atoms with van der Waals surface area (Å²) in [4.78, 5) is 11.8. The van der Waals surface area contributed by atoms with Crippen LogP contribution in [0.2, 0.25) is 0 Å². The van der Waals surface area contributed by atoms with Crippen LogP contribution in [0.4, 0.5) is 13.2 Å². The van der Waals surface area contributed by atoms with Gasteiger partial charge in [0.25, 0.3) is 0 Å². The number of alkyl halides is 3. The first-order valence-electron chi connectivity index (χ1n) is 7.04. The lowest BCUT2D eigenvalue weighted by Gasteiger charge is -2.30. The van der Waals surface area contributed by atoms with Crippen molar-refractivity contribution in [2.75, 3.05) is 6.61 Å². The van der Waals surface area contributed by atoms with Crippen LogP contribution in [0.3, 0.4) is 0 Å². The van der Waals surface area contributed by atoms with Gasteiger partial charge in [-0.15, -0.1) is 12.4 Å². The van der Waals surface area contributed by atoms with Gasteiger partial charge in [0, 0.05) is 0 Å². The third kappa shape index (κ3) is 5.70. The molecule has 7 heteroatoms. The summed E-state index contributed by atoms with van der Waals surface area (Å²) in [5, 5.41) is 0. The molecule has 0 amide bonds. The molecule has 0 saturated heterocycles. The van der Waals surface area contributed by atoms with Crippen LogP contribution in [-0.2, 0) is 21.2 Å². The zero-order valence-electron chi connectivity index (χ0n) is 13.7. The summed E-state index contributed by atoms with van der Waals surface area (Å²) in [6, 6.07) is 4.82. The fraction of sp³-hybridized carbons (Fsp3) is 0.562. The molecule has 0 spiro atoms. The zero-order valence-corrected chi connectivity index (χ0v) is 14.5. The molecule has 0 bridgehead atoms. The summed E-state index contributed by atoms with van der Waals surface area (Å²) >= 11 is 0. The van der Waals surface area contributed by atoms with E-state index in [1.54, 1.807) is 27.7 Å². The standard InChI is InChI=1S/C16H22F3NO2.ClH/c1-5-15(20,10-22-13(21)14(2,3)4)11-7-6-8-12(9-11)16(17,18)19;/h6-9H,5,10,20H2,1-4H3;1H. The Morgan fingerprint density at radius 2 is 1.70 bits per heavy atom. The first-order chi connectivity index (χ1) is 9.90. The third-order valence-electron chi connectivity index (χ3n) is 3.47. The predicted octanol–water partition coefficient (Wildman–Crippen LogP) is 4.28. The molecule has 1 aromatic carbocycles. The normalized spacial score (nSPS) is 14.6. The van der Waals surface area contributed by atoms with Gasteiger partial charge in [0.1, 0.15) is 6.61 Å².